The van der Waals surface area contributed by atoms with Crippen LogP contribution in [0.15, 0.2) is 18.3 Å². The van der Waals surface area contributed by atoms with Gasteiger partial charge in [-0.15, -0.1) is 0 Å². The van der Waals surface area contributed by atoms with Crippen molar-refractivity contribution in [3.05, 3.63) is 18.3 Å². The van der Waals surface area contributed by atoms with E-state index in [4.69, 9.17) is 5.73 Å². The van der Waals surface area contributed by atoms with E-state index in [1.165, 1.54) is 12.8 Å². The molecule has 1 aromatic rings. The average molecular weight is 177 g/mol. The number of pyridine rings is 1. The lowest BCUT2D eigenvalue weighted by atomic mass is 9.81. The largest absolute Gasteiger partial charge is 0.384 e. The standard InChI is InChI=1S/C10H15N3/c1-7-2-4-9(7)13-8-3-5-10(11)12-6-8/h3,5-7,9,13H,2,4H2,1H3,(H2,11,12). The fourth-order valence-electron chi connectivity index (χ4n) is 1.59. The molecule has 2 atom stereocenters. The first-order valence-corrected chi connectivity index (χ1v) is 4.74. The van der Waals surface area contributed by atoms with Gasteiger partial charge in [-0.05, 0) is 30.9 Å². The van der Waals surface area contributed by atoms with Crippen LogP contribution in [0.25, 0.3) is 0 Å². The van der Waals surface area contributed by atoms with Crippen LogP contribution in [-0.4, -0.2) is 11.0 Å². The Kier molecular flexibility index (Phi) is 2.08. The molecular weight excluding hydrogens is 162 g/mol. The normalized spacial score (nSPS) is 26.5. The van der Waals surface area contributed by atoms with Crippen molar-refractivity contribution >= 4 is 11.5 Å². The van der Waals surface area contributed by atoms with E-state index in [1.807, 2.05) is 12.1 Å². The molecule has 3 N–H and O–H groups in total. The minimum atomic E-state index is 0.576. The SMILES string of the molecule is CC1CCC1Nc1ccc(N)nc1. The number of anilines is 2. The Bertz CT molecular complexity index is 281. The van der Waals surface area contributed by atoms with E-state index in [0.29, 0.717) is 11.9 Å². The summed E-state index contributed by atoms with van der Waals surface area (Å²) in [6, 6.07) is 4.43. The summed E-state index contributed by atoms with van der Waals surface area (Å²) in [5.41, 5.74) is 6.57. The molecular formula is C10H15N3. The maximum atomic E-state index is 5.49. The molecule has 0 spiro atoms. The van der Waals surface area contributed by atoms with E-state index in [1.54, 1.807) is 6.20 Å². The zero-order valence-electron chi connectivity index (χ0n) is 7.83. The summed E-state index contributed by atoms with van der Waals surface area (Å²) in [6.07, 6.45) is 4.39. The van der Waals surface area contributed by atoms with Crippen LogP contribution in [0.2, 0.25) is 0 Å². The second-order valence-corrected chi connectivity index (χ2v) is 3.78. The molecule has 2 rings (SSSR count). The molecule has 1 fully saturated rings. The lowest BCUT2D eigenvalue weighted by Crippen LogP contribution is -2.36. The molecule has 1 aliphatic rings. The lowest BCUT2D eigenvalue weighted by molar-refractivity contribution is 0.303. The Morgan fingerprint density at radius 2 is 2.31 bits per heavy atom. The molecule has 0 bridgehead atoms. The lowest BCUT2D eigenvalue weighted by Gasteiger charge is -2.35. The van der Waals surface area contributed by atoms with Gasteiger partial charge < -0.3 is 11.1 Å². The monoisotopic (exact) mass is 177 g/mol. The van der Waals surface area contributed by atoms with Crippen LogP contribution in [0.3, 0.4) is 0 Å². The highest BCUT2D eigenvalue weighted by atomic mass is 15.0. The Balaban J connectivity index is 1.98. The molecule has 3 heteroatoms. The Morgan fingerprint density at radius 1 is 1.46 bits per heavy atom. The molecule has 3 nitrogen and oxygen atoms in total. The quantitative estimate of drug-likeness (QED) is 0.725. The van der Waals surface area contributed by atoms with E-state index < -0.39 is 0 Å². The van der Waals surface area contributed by atoms with Crippen LogP contribution in [0.1, 0.15) is 19.8 Å². The summed E-state index contributed by atoms with van der Waals surface area (Å²) in [4.78, 5) is 4.03. The molecule has 0 radical (unpaired) electrons. The summed E-state index contributed by atoms with van der Waals surface area (Å²) in [7, 11) is 0. The third kappa shape index (κ3) is 1.74. The van der Waals surface area contributed by atoms with Crippen molar-refractivity contribution in [1.82, 2.24) is 4.98 Å². The Morgan fingerprint density at radius 3 is 2.77 bits per heavy atom. The number of hydrogen-bond acceptors (Lipinski definition) is 3. The van der Waals surface area contributed by atoms with Gasteiger partial charge >= 0.3 is 0 Å². The third-order valence-corrected chi connectivity index (χ3v) is 2.76. The first-order chi connectivity index (χ1) is 6.25. The number of rotatable bonds is 2. The summed E-state index contributed by atoms with van der Waals surface area (Å²) in [5.74, 6) is 1.37. The molecule has 0 saturated heterocycles. The number of nitrogens with one attached hydrogen (secondary N) is 1. The van der Waals surface area contributed by atoms with E-state index in [0.717, 1.165) is 11.6 Å². The van der Waals surface area contributed by atoms with E-state index in [-0.39, 0.29) is 0 Å². The van der Waals surface area contributed by atoms with Gasteiger partial charge in [-0.25, -0.2) is 4.98 Å². The highest BCUT2D eigenvalue weighted by molar-refractivity contribution is 5.46. The average Bonchev–Trinajstić information content (AvgIpc) is 2.15. The topological polar surface area (TPSA) is 50.9 Å². The summed E-state index contributed by atoms with van der Waals surface area (Å²) >= 11 is 0. The molecule has 70 valence electrons. The summed E-state index contributed by atoms with van der Waals surface area (Å²) in [6.45, 7) is 2.27. The van der Waals surface area contributed by atoms with Crippen LogP contribution in [-0.2, 0) is 0 Å². The van der Waals surface area contributed by atoms with Gasteiger partial charge in [0.25, 0.3) is 0 Å². The van der Waals surface area contributed by atoms with Gasteiger partial charge in [-0.1, -0.05) is 6.92 Å². The molecule has 1 aromatic heterocycles. The van der Waals surface area contributed by atoms with Gasteiger partial charge in [0.05, 0.1) is 11.9 Å². The van der Waals surface area contributed by atoms with E-state index >= 15 is 0 Å². The maximum Gasteiger partial charge on any atom is 0.123 e. The highest BCUT2D eigenvalue weighted by Gasteiger charge is 2.26. The molecule has 1 heterocycles. The minimum absolute atomic E-state index is 0.576. The van der Waals surface area contributed by atoms with Gasteiger partial charge in [0.1, 0.15) is 5.82 Å². The number of aromatic nitrogens is 1. The van der Waals surface area contributed by atoms with Gasteiger partial charge in [0, 0.05) is 6.04 Å². The number of nitrogens with zero attached hydrogens (tertiary/aromatic N) is 1. The molecule has 2 unspecified atom stereocenters. The summed E-state index contributed by atoms with van der Waals surface area (Å²) < 4.78 is 0. The minimum Gasteiger partial charge on any atom is -0.384 e. The number of hydrogen-bond donors (Lipinski definition) is 2. The fourth-order valence-corrected chi connectivity index (χ4v) is 1.59. The first-order valence-electron chi connectivity index (χ1n) is 4.74. The van der Waals surface area contributed by atoms with Crippen molar-refractivity contribution in [1.29, 1.82) is 0 Å². The van der Waals surface area contributed by atoms with Crippen LogP contribution in [0.5, 0.6) is 0 Å². The van der Waals surface area contributed by atoms with E-state index in [9.17, 15) is 0 Å². The van der Waals surface area contributed by atoms with Crippen molar-refractivity contribution in [3.63, 3.8) is 0 Å². The smallest absolute Gasteiger partial charge is 0.123 e. The number of nitrogen functional groups attached to an aromatic ring is 1. The Hall–Kier alpha value is -1.25. The van der Waals surface area contributed by atoms with Gasteiger partial charge in [0.15, 0.2) is 0 Å². The molecule has 0 aliphatic heterocycles. The van der Waals surface area contributed by atoms with Crippen LogP contribution >= 0.6 is 0 Å². The maximum absolute atomic E-state index is 5.49. The van der Waals surface area contributed by atoms with Crippen molar-refractivity contribution in [3.8, 4) is 0 Å². The highest BCUT2D eigenvalue weighted by Crippen LogP contribution is 2.29. The third-order valence-electron chi connectivity index (χ3n) is 2.76. The van der Waals surface area contributed by atoms with Gasteiger partial charge in [-0.2, -0.15) is 0 Å². The molecule has 1 saturated carbocycles. The van der Waals surface area contributed by atoms with Crippen LogP contribution < -0.4 is 11.1 Å². The predicted octanol–water partition coefficient (Wildman–Crippen LogP) is 1.87. The molecule has 0 aromatic carbocycles. The summed E-state index contributed by atoms with van der Waals surface area (Å²) in [5, 5.41) is 3.44. The second-order valence-electron chi connectivity index (χ2n) is 3.78. The van der Waals surface area contributed by atoms with Crippen molar-refractivity contribution in [2.45, 2.75) is 25.8 Å². The second kappa shape index (κ2) is 3.24. The van der Waals surface area contributed by atoms with Crippen LogP contribution in [0, 0.1) is 5.92 Å². The first kappa shape index (κ1) is 8.35. The zero-order chi connectivity index (χ0) is 9.26. The van der Waals surface area contributed by atoms with Gasteiger partial charge in [-0.3, -0.25) is 0 Å². The molecule has 1 aliphatic carbocycles. The fraction of sp³-hybridized carbons (Fsp3) is 0.500. The zero-order valence-corrected chi connectivity index (χ0v) is 7.83. The van der Waals surface area contributed by atoms with Crippen LogP contribution in [0.4, 0.5) is 11.5 Å². The van der Waals surface area contributed by atoms with E-state index in [2.05, 4.69) is 17.2 Å². The van der Waals surface area contributed by atoms with Crippen molar-refractivity contribution < 1.29 is 0 Å². The van der Waals surface area contributed by atoms with Crippen molar-refractivity contribution in [2.75, 3.05) is 11.1 Å². The Labute approximate surface area is 78.4 Å². The van der Waals surface area contributed by atoms with Gasteiger partial charge in [0.2, 0.25) is 0 Å². The predicted molar refractivity (Wildman–Crippen MR) is 54.5 cm³/mol. The number of nitrogens with two attached hydrogens (primary N) is 1. The molecule has 0 amide bonds. The van der Waals surface area contributed by atoms with Crippen molar-refractivity contribution in [2.24, 2.45) is 5.92 Å². The molecule has 13 heavy (non-hydrogen) atoms.